The highest BCUT2D eigenvalue weighted by Gasteiger charge is 2.20. The topological polar surface area (TPSA) is 12.4 Å². The van der Waals surface area contributed by atoms with Crippen molar-refractivity contribution in [2.75, 3.05) is 0 Å². The molecule has 1 aliphatic rings. The molecule has 0 aliphatic heterocycles. The zero-order chi connectivity index (χ0) is 13.7. The van der Waals surface area contributed by atoms with E-state index in [2.05, 4.69) is 33.8 Å². The number of hydrogen-bond donors (Lipinski definition) is 0. The van der Waals surface area contributed by atoms with E-state index in [1.54, 1.807) is 6.20 Å². The molecule has 1 fully saturated rings. The van der Waals surface area contributed by atoms with Crippen molar-refractivity contribution in [3.05, 3.63) is 36.6 Å². The second-order valence-electron chi connectivity index (χ2n) is 3.41. The Bertz CT molecular complexity index is 271. The fourth-order valence-electron chi connectivity index (χ4n) is 1.38. The molecular weight excluding hydrogens is 225 g/mol. The maximum atomic E-state index is 4.23. The SMILES string of the molecule is C/C=C\C.C=CN=C1CC(P)C/C1=C/C.CC. The molecule has 0 aromatic carbocycles. The molecule has 0 N–H and O–H groups in total. The smallest absolute Gasteiger partial charge is 0.0438 e. The summed E-state index contributed by atoms with van der Waals surface area (Å²) in [7, 11) is 2.84. The van der Waals surface area contributed by atoms with Gasteiger partial charge in [0.1, 0.15) is 0 Å². The van der Waals surface area contributed by atoms with Gasteiger partial charge in [0.15, 0.2) is 0 Å². The van der Waals surface area contributed by atoms with Gasteiger partial charge >= 0.3 is 0 Å². The minimum Gasteiger partial charge on any atom is -0.262 e. The molecule has 1 rings (SSSR count). The normalized spacial score (nSPS) is 23.1. The summed E-state index contributed by atoms with van der Waals surface area (Å²) in [5.41, 5.74) is 3.27. The first-order valence-electron chi connectivity index (χ1n) is 6.35. The van der Waals surface area contributed by atoms with E-state index >= 15 is 0 Å². The minimum atomic E-state index is 0.680. The third kappa shape index (κ3) is 9.06. The Balaban J connectivity index is 0. The molecule has 0 bridgehead atoms. The van der Waals surface area contributed by atoms with E-state index in [-0.39, 0.29) is 0 Å². The van der Waals surface area contributed by atoms with Crippen LogP contribution < -0.4 is 0 Å². The summed E-state index contributed by atoms with van der Waals surface area (Å²) in [5.74, 6) is 0. The lowest BCUT2D eigenvalue weighted by molar-refractivity contribution is 0.970. The first kappa shape index (κ1) is 18.7. The molecule has 1 saturated carbocycles. The Hall–Kier alpha value is -0.680. The molecule has 0 spiro atoms. The van der Waals surface area contributed by atoms with Crippen LogP contribution in [-0.2, 0) is 0 Å². The molecule has 98 valence electrons. The Labute approximate surface area is 110 Å². The van der Waals surface area contributed by atoms with E-state index in [1.807, 2.05) is 39.8 Å². The Kier molecular flexibility index (Phi) is 14.7. The van der Waals surface area contributed by atoms with Gasteiger partial charge in [-0.3, -0.25) is 4.99 Å². The van der Waals surface area contributed by atoms with E-state index < -0.39 is 0 Å². The van der Waals surface area contributed by atoms with Crippen molar-refractivity contribution in [1.82, 2.24) is 0 Å². The van der Waals surface area contributed by atoms with Gasteiger partial charge in [-0.15, -0.1) is 9.24 Å². The van der Waals surface area contributed by atoms with Crippen LogP contribution in [0.15, 0.2) is 41.6 Å². The van der Waals surface area contributed by atoms with E-state index in [9.17, 15) is 0 Å². The summed E-state index contributed by atoms with van der Waals surface area (Å²) in [4.78, 5) is 4.23. The van der Waals surface area contributed by atoms with Crippen molar-refractivity contribution in [1.29, 1.82) is 0 Å². The lowest BCUT2D eigenvalue weighted by atomic mass is 10.2. The third-order valence-corrected chi connectivity index (χ3v) is 2.71. The molecule has 1 nitrogen and oxygen atoms in total. The molecule has 2 atom stereocenters. The van der Waals surface area contributed by atoms with Crippen LogP contribution in [0.1, 0.15) is 47.5 Å². The van der Waals surface area contributed by atoms with Crippen molar-refractivity contribution in [3.63, 3.8) is 0 Å². The number of allylic oxidation sites excluding steroid dienone is 4. The second kappa shape index (κ2) is 13.4. The van der Waals surface area contributed by atoms with E-state index in [0.29, 0.717) is 5.66 Å². The van der Waals surface area contributed by atoms with Gasteiger partial charge in [0.25, 0.3) is 0 Å². The lowest BCUT2D eigenvalue weighted by Gasteiger charge is -1.93. The van der Waals surface area contributed by atoms with E-state index in [0.717, 1.165) is 12.8 Å². The van der Waals surface area contributed by atoms with Crippen LogP contribution in [0.2, 0.25) is 0 Å². The summed E-state index contributed by atoms with van der Waals surface area (Å²) in [6, 6.07) is 0. The van der Waals surface area contributed by atoms with Gasteiger partial charge in [0.05, 0.1) is 0 Å². The maximum Gasteiger partial charge on any atom is 0.0438 e. The van der Waals surface area contributed by atoms with Crippen LogP contribution in [-0.4, -0.2) is 11.4 Å². The van der Waals surface area contributed by atoms with Gasteiger partial charge in [-0.2, -0.15) is 0 Å². The molecule has 0 aromatic heterocycles. The summed E-state index contributed by atoms with van der Waals surface area (Å²) in [6.45, 7) is 13.7. The summed E-state index contributed by atoms with van der Waals surface area (Å²) >= 11 is 0. The maximum absolute atomic E-state index is 4.23. The van der Waals surface area contributed by atoms with Crippen LogP contribution in [0.5, 0.6) is 0 Å². The van der Waals surface area contributed by atoms with Crippen LogP contribution in [0.25, 0.3) is 0 Å². The average Bonchev–Trinajstić information content (AvgIpc) is 2.73. The molecule has 1 aliphatic carbocycles. The van der Waals surface area contributed by atoms with Crippen molar-refractivity contribution < 1.29 is 0 Å². The first-order chi connectivity index (χ1) is 8.19. The fourth-order valence-corrected chi connectivity index (χ4v) is 1.86. The Morgan fingerprint density at radius 2 is 1.71 bits per heavy atom. The van der Waals surface area contributed by atoms with Crippen LogP contribution in [0, 0.1) is 0 Å². The Morgan fingerprint density at radius 1 is 1.18 bits per heavy atom. The van der Waals surface area contributed by atoms with Gasteiger partial charge in [-0.05, 0) is 44.8 Å². The van der Waals surface area contributed by atoms with Crippen molar-refractivity contribution in [3.8, 4) is 0 Å². The zero-order valence-electron chi connectivity index (χ0n) is 12.0. The van der Waals surface area contributed by atoms with Gasteiger partial charge in [-0.25, -0.2) is 0 Å². The monoisotopic (exact) mass is 253 g/mol. The first-order valence-corrected chi connectivity index (χ1v) is 7.02. The van der Waals surface area contributed by atoms with Crippen LogP contribution in [0.3, 0.4) is 0 Å². The Morgan fingerprint density at radius 3 is 2.06 bits per heavy atom. The third-order valence-electron chi connectivity index (χ3n) is 2.24. The molecule has 2 unspecified atom stereocenters. The highest BCUT2D eigenvalue weighted by molar-refractivity contribution is 7.17. The standard InChI is InChI=1S/C9H14NP.C4H8.C2H6/c1-3-7-5-8(11)6-9(7)10-4-2;1-3-4-2;1-2/h3-4,8H,2,5-6,11H2,1H3;3-4H,1-2H3;1-2H3/b7-3-,10-9?;4-3-;. The average molecular weight is 253 g/mol. The minimum absolute atomic E-state index is 0.680. The molecule has 0 aromatic rings. The lowest BCUT2D eigenvalue weighted by Crippen LogP contribution is -1.92. The van der Waals surface area contributed by atoms with Crippen molar-refractivity contribution in [2.45, 2.75) is 53.1 Å². The number of nitrogens with zero attached hydrogens (tertiary/aromatic N) is 1. The number of hydrogen-bond acceptors (Lipinski definition) is 1. The van der Waals surface area contributed by atoms with Crippen molar-refractivity contribution >= 4 is 15.0 Å². The molecule has 0 saturated heterocycles. The second-order valence-corrected chi connectivity index (χ2v) is 4.35. The molecule has 0 radical (unpaired) electrons. The largest absolute Gasteiger partial charge is 0.262 e. The molecule has 2 heteroatoms. The van der Waals surface area contributed by atoms with Gasteiger partial charge in [0, 0.05) is 11.9 Å². The summed E-state index contributed by atoms with van der Waals surface area (Å²) in [6.07, 6.45) is 10.00. The summed E-state index contributed by atoms with van der Waals surface area (Å²) < 4.78 is 0. The van der Waals surface area contributed by atoms with Gasteiger partial charge in [0.2, 0.25) is 0 Å². The van der Waals surface area contributed by atoms with Crippen molar-refractivity contribution in [2.24, 2.45) is 4.99 Å². The highest BCUT2D eigenvalue weighted by Crippen LogP contribution is 2.28. The zero-order valence-corrected chi connectivity index (χ0v) is 13.2. The fraction of sp³-hybridized carbons (Fsp3) is 0.533. The van der Waals surface area contributed by atoms with E-state index in [4.69, 9.17) is 0 Å². The van der Waals surface area contributed by atoms with Crippen LogP contribution in [0.4, 0.5) is 0 Å². The molecule has 17 heavy (non-hydrogen) atoms. The number of aliphatic imine (C=N–C) groups is 1. The van der Waals surface area contributed by atoms with E-state index in [1.165, 1.54) is 11.3 Å². The highest BCUT2D eigenvalue weighted by atomic mass is 31.0. The predicted octanol–water partition coefficient (Wildman–Crippen LogP) is 5.16. The predicted molar refractivity (Wildman–Crippen MR) is 86.0 cm³/mol. The summed E-state index contributed by atoms with van der Waals surface area (Å²) in [5, 5.41) is 0. The molecule has 0 heterocycles. The van der Waals surface area contributed by atoms with Gasteiger partial charge in [-0.1, -0.05) is 38.7 Å². The number of rotatable bonds is 1. The molecule has 0 amide bonds. The van der Waals surface area contributed by atoms with Gasteiger partial charge < -0.3 is 0 Å². The quantitative estimate of drug-likeness (QED) is 0.452. The van der Waals surface area contributed by atoms with Crippen LogP contribution >= 0.6 is 9.24 Å². The molecular formula is C15H28NP.